The topological polar surface area (TPSA) is 63.7 Å². The second-order valence-corrected chi connectivity index (χ2v) is 5.40. The third-order valence-electron chi connectivity index (χ3n) is 3.83. The molecular formula is C16H25N3O3. The van der Waals surface area contributed by atoms with Crippen molar-refractivity contribution in [2.45, 2.75) is 25.8 Å². The van der Waals surface area contributed by atoms with E-state index in [-0.39, 0.29) is 11.9 Å². The third-order valence-corrected chi connectivity index (χ3v) is 3.83. The molecule has 0 aromatic carbocycles. The van der Waals surface area contributed by atoms with Crippen LogP contribution in [0.3, 0.4) is 0 Å². The SMILES string of the molecule is CCN1CCC[C@H](NC(=O)c2cccnc2OCCOC)C1. The van der Waals surface area contributed by atoms with Gasteiger partial charge in [-0.2, -0.15) is 0 Å². The molecule has 0 bridgehead atoms. The fourth-order valence-electron chi connectivity index (χ4n) is 2.62. The zero-order valence-electron chi connectivity index (χ0n) is 13.4. The van der Waals surface area contributed by atoms with Gasteiger partial charge in [0.15, 0.2) is 0 Å². The lowest BCUT2D eigenvalue weighted by Crippen LogP contribution is -2.47. The van der Waals surface area contributed by atoms with Gasteiger partial charge in [-0.25, -0.2) is 4.98 Å². The van der Waals surface area contributed by atoms with E-state index in [1.807, 2.05) is 0 Å². The summed E-state index contributed by atoms with van der Waals surface area (Å²) >= 11 is 0. The van der Waals surface area contributed by atoms with Gasteiger partial charge in [0.25, 0.3) is 5.91 Å². The molecular weight excluding hydrogens is 282 g/mol. The maximum atomic E-state index is 12.5. The Balaban J connectivity index is 1.96. The highest BCUT2D eigenvalue weighted by atomic mass is 16.5. The second kappa shape index (κ2) is 8.70. The van der Waals surface area contributed by atoms with E-state index in [0.29, 0.717) is 24.7 Å². The summed E-state index contributed by atoms with van der Waals surface area (Å²) in [7, 11) is 1.61. The van der Waals surface area contributed by atoms with Crippen LogP contribution in [0.1, 0.15) is 30.1 Å². The molecule has 6 nitrogen and oxygen atoms in total. The minimum absolute atomic E-state index is 0.122. The van der Waals surface area contributed by atoms with Crippen LogP contribution in [0.2, 0.25) is 0 Å². The Morgan fingerprint density at radius 3 is 3.14 bits per heavy atom. The van der Waals surface area contributed by atoms with Crippen LogP contribution in [0.4, 0.5) is 0 Å². The number of hydrogen-bond donors (Lipinski definition) is 1. The van der Waals surface area contributed by atoms with Crippen molar-refractivity contribution >= 4 is 5.91 Å². The number of aromatic nitrogens is 1. The molecule has 22 heavy (non-hydrogen) atoms. The first-order valence-corrected chi connectivity index (χ1v) is 7.84. The lowest BCUT2D eigenvalue weighted by atomic mass is 10.1. The van der Waals surface area contributed by atoms with Crippen LogP contribution >= 0.6 is 0 Å². The van der Waals surface area contributed by atoms with Gasteiger partial charge in [-0.1, -0.05) is 6.92 Å². The van der Waals surface area contributed by atoms with E-state index in [1.165, 1.54) is 0 Å². The number of hydrogen-bond acceptors (Lipinski definition) is 5. The Kier molecular flexibility index (Phi) is 6.61. The molecule has 1 fully saturated rings. The molecule has 1 saturated heterocycles. The third kappa shape index (κ3) is 4.68. The van der Waals surface area contributed by atoms with Crippen molar-refractivity contribution in [2.75, 3.05) is 40.0 Å². The summed E-state index contributed by atoms with van der Waals surface area (Å²) in [5.41, 5.74) is 0.479. The average molecular weight is 307 g/mol. The summed E-state index contributed by atoms with van der Waals surface area (Å²) in [6.45, 7) is 6.02. The van der Waals surface area contributed by atoms with E-state index < -0.39 is 0 Å². The molecule has 0 spiro atoms. The van der Waals surface area contributed by atoms with E-state index in [9.17, 15) is 4.79 Å². The molecule has 1 amide bonds. The van der Waals surface area contributed by atoms with Gasteiger partial charge in [-0.3, -0.25) is 4.79 Å². The summed E-state index contributed by atoms with van der Waals surface area (Å²) in [6, 6.07) is 3.68. The van der Waals surface area contributed by atoms with E-state index in [0.717, 1.165) is 32.5 Å². The normalized spacial score (nSPS) is 18.9. The van der Waals surface area contributed by atoms with Crippen LogP contribution in [-0.4, -0.2) is 61.8 Å². The maximum Gasteiger partial charge on any atom is 0.257 e. The molecule has 1 aromatic rings. The number of pyridine rings is 1. The lowest BCUT2D eigenvalue weighted by Gasteiger charge is -2.32. The van der Waals surface area contributed by atoms with Crippen molar-refractivity contribution in [3.8, 4) is 5.88 Å². The number of likely N-dealkylation sites (N-methyl/N-ethyl adjacent to an activating group) is 1. The Labute approximate surface area is 131 Å². The summed E-state index contributed by atoms with van der Waals surface area (Å²) in [4.78, 5) is 19.0. The van der Waals surface area contributed by atoms with Crippen LogP contribution in [0.5, 0.6) is 5.88 Å². The number of nitrogens with one attached hydrogen (secondary N) is 1. The summed E-state index contributed by atoms with van der Waals surface area (Å²) in [5, 5.41) is 3.10. The number of amides is 1. The van der Waals surface area contributed by atoms with Crippen LogP contribution < -0.4 is 10.1 Å². The molecule has 1 N–H and O–H groups in total. The molecule has 2 rings (SSSR count). The van der Waals surface area contributed by atoms with Gasteiger partial charge < -0.3 is 19.7 Å². The number of methoxy groups -OCH3 is 1. The van der Waals surface area contributed by atoms with E-state index in [4.69, 9.17) is 9.47 Å². The van der Waals surface area contributed by atoms with Crippen molar-refractivity contribution in [3.05, 3.63) is 23.9 Å². The van der Waals surface area contributed by atoms with E-state index in [2.05, 4.69) is 22.1 Å². The van der Waals surface area contributed by atoms with Gasteiger partial charge in [-0.15, -0.1) is 0 Å². The predicted octanol–water partition coefficient (Wildman–Crippen LogP) is 1.32. The number of carbonyl (C=O) groups is 1. The Bertz CT molecular complexity index is 481. The Morgan fingerprint density at radius 1 is 1.50 bits per heavy atom. The monoisotopic (exact) mass is 307 g/mol. The highest BCUT2D eigenvalue weighted by Gasteiger charge is 2.22. The largest absolute Gasteiger partial charge is 0.475 e. The van der Waals surface area contributed by atoms with Crippen LogP contribution in [0.25, 0.3) is 0 Å². The van der Waals surface area contributed by atoms with Gasteiger partial charge in [0, 0.05) is 25.9 Å². The highest BCUT2D eigenvalue weighted by Crippen LogP contribution is 2.16. The molecule has 1 aromatic heterocycles. The maximum absolute atomic E-state index is 12.5. The quantitative estimate of drug-likeness (QED) is 0.770. The van der Waals surface area contributed by atoms with Gasteiger partial charge >= 0.3 is 0 Å². The molecule has 1 aliphatic rings. The summed E-state index contributed by atoms with van der Waals surface area (Å²) < 4.78 is 10.5. The second-order valence-electron chi connectivity index (χ2n) is 5.40. The Hall–Kier alpha value is -1.66. The molecule has 1 aliphatic heterocycles. The standard InChI is InChI=1S/C16H25N3O3/c1-3-19-9-5-6-13(12-19)18-15(20)14-7-4-8-17-16(14)22-11-10-21-2/h4,7-8,13H,3,5-6,9-12H2,1-2H3,(H,18,20)/t13-/m0/s1. The number of piperidine rings is 1. The van der Waals surface area contributed by atoms with Gasteiger partial charge in [0.05, 0.1) is 6.61 Å². The molecule has 0 saturated carbocycles. The number of carbonyl (C=O) groups excluding carboxylic acids is 1. The first-order chi connectivity index (χ1) is 10.7. The van der Waals surface area contributed by atoms with Crippen LogP contribution in [0.15, 0.2) is 18.3 Å². The number of rotatable bonds is 7. The Morgan fingerprint density at radius 2 is 2.36 bits per heavy atom. The van der Waals surface area contributed by atoms with E-state index in [1.54, 1.807) is 25.4 Å². The van der Waals surface area contributed by atoms with Crippen LogP contribution in [-0.2, 0) is 4.74 Å². The number of ether oxygens (including phenoxy) is 2. The summed E-state index contributed by atoms with van der Waals surface area (Å²) in [6.07, 6.45) is 3.75. The van der Waals surface area contributed by atoms with Crippen molar-refractivity contribution in [3.63, 3.8) is 0 Å². The van der Waals surface area contributed by atoms with Gasteiger partial charge in [0.2, 0.25) is 5.88 Å². The molecule has 6 heteroatoms. The van der Waals surface area contributed by atoms with E-state index >= 15 is 0 Å². The molecule has 0 radical (unpaired) electrons. The fourth-order valence-corrected chi connectivity index (χ4v) is 2.62. The summed E-state index contributed by atoms with van der Waals surface area (Å²) in [5.74, 6) is 0.240. The van der Waals surface area contributed by atoms with Crippen LogP contribution in [0, 0.1) is 0 Å². The molecule has 0 aliphatic carbocycles. The molecule has 122 valence electrons. The molecule has 0 unspecified atom stereocenters. The highest BCUT2D eigenvalue weighted by molar-refractivity contribution is 5.96. The lowest BCUT2D eigenvalue weighted by molar-refractivity contribution is 0.0897. The zero-order chi connectivity index (χ0) is 15.8. The van der Waals surface area contributed by atoms with Crippen molar-refractivity contribution in [1.82, 2.24) is 15.2 Å². The smallest absolute Gasteiger partial charge is 0.257 e. The molecule has 2 heterocycles. The number of nitrogens with zero attached hydrogens (tertiary/aromatic N) is 2. The van der Waals surface area contributed by atoms with Crippen molar-refractivity contribution in [1.29, 1.82) is 0 Å². The zero-order valence-corrected chi connectivity index (χ0v) is 13.4. The van der Waals surface area contributed by atoms with Crippen molar-refractivity contribution in [2.24, 2.45) is 0 Å². The predicted molar refractivity (Wildman–Crippen MR) is 84.2 cm³/mol. The minimum Gasteiger partial charge on any atom is -0.475 e. The van der Waals surface area contributed by atoms with Crippen molar-refractivity contribution < 1.29 is 14.3 Å². The number of likely N-dealkylation sites (tertiary alicyclic amines) is 1. The minimum atomic E-state index is -0.122. The van der Waals surface area contributed by atoms with Gasteiger partial charge in [0.1, 0.15) is 12.2 Å². The first kappa shape index (κ1) is 16.7. The van der Waals surface area contributed by atoms with Gasteiger partial charge in [-0.05, 0) is 38.1 Å². The first-order valence-electron chi connectivity index (χ1n) is 7.84. The molecule has 1 atom stereocenters. The average Bonchev–Trinajstić information content (AvgIpc) is 2.55. The fraction of sp³-hybridized carbons (Fsp3) is 0.625.